The number of hydrogen-bond donors (Lipinski definition) is 0. The molecule has 76 valence electrons. The molecule has 1 heterocycles. The molecule has 0 amide bonds. The normalized spacial score (nSPS) is 9.93. The summed E-state index contributed by atoms with van der Waals surface area (Å²) in [4.78, 5) is 6.55. The minimum atomic E-state index is 0.921. The highest BCUT2D eigenvalue weighted by molar-refractivity contribution is 5.50. The van der Waals surface area contributed by atoms with E-state index < -0.39 is 0 Å². The maximum absolute atomic E-state index is 4.38. The van der Waals surface area contributed by atoms with Crippen molar-refractivity contribution in [2.45, 2.75) is 27.2 Å². The molecular formula is C12H18N2. The Balaban J connectivity index is 3.01. The molecule has 1 rings (SSSR count). The predicted octanol–water partition coefficient (Wildman–Crippen LogP) is 3.14. The van der Waals surface area contributed by atoms with E-state index in [1.54, 1.807) is 0 Å². The monoisotopic (exact) mass is 190 g/mol. The molecule has 0 aliphatic carbocycles. The van der Waals surface area contributed by atoms with Crippen molar-refractivity contribution in [3.63, 3.8) is 0 Å². The van der Waals surface area contributed by atoms with Crippen LogP contribution in [0.25, 0.3) is 0 Å². The smallest absolute Gasteiger partial charge is 0.135 e. The highest BCUT2D eigenvalue weighted by Crippen LogP contribution is 2.20. The second-order valence-electron chi connectivity index (χ2n) is 3.31. The number of pyridine rings is 1. The molecule has 1 aromatic rings. The number of aromatic nitrogens is 1. The molecule has 0 radical (unpaired) electrons. The van der Waals surface area contributed by atoms with Gasteiger partial charge >= 0.3 is 0 Å². The topological polar surface area (TPSA) is 16.1 Å². The Hall–Kier alpha value is -1.31. The van der Waals surface area contributed by atoms with E-state index in [2.05, 4.69) is 43.3 Å². The third kappa shape index (κ3) is 2.13. The van der Waals surface area contributed by atoms with Gasteiger partial charge in [-0.3, -0.25) is 0 Å². The molecule has 0 saturated heterocycles. The number of rotatable bonds is 4. The third-order valence-corrected chi connectivity index (χ3v) is 2.34. The van der Waals surface area contributed by atoms with Crippen molar-refractivity contribution in [2.24, 2.45) is 0 Å². The van der Waals surface area contributed by atoms with Gasteiger partial charge in [0.05, 0.1) is 0 Å². The lowest BCUT2D eigenvalue weighted by molar-refractivity contribution is 0.875. The molecule has 0 spiro atoms. The number of hydrogen-bond acceptors (Lipinski definition) is 2. The van der Waals surface area contributed by atoms with Gasteiger partial charge in [0.1, 0.15) is 5.82 Å². The standard InChI is InChI=1S/C12H18N2/c1-5-11(4)14(6-2)12-10(3)8-7-9-13-12/h7-9H,4-6H2,1-3H3. The zero-order valence-electron chi connectivity index (χ0n) is 9.25. The van der Waals surface area contributed by atoms with Crippen LogP contribution in [0.15, 0.2) is 30.6 Å². The molecule has 2 heteroatoms. The summed E-state index contributed by atoms with van der Waals surface area (Å²) in [6, 6.07) is 4.04. The summed E-state index contributed by atoms with van der Waals surface area (Å²) < 4.78 is 0. The minimum Gasteiger partial charge on any atom is -0.331 e. The molecule has 0 aliphatic rings. The Labute approximate surface area is 86.3 Å². The van der Waals surface area contributed by atoms with Crippen molar-refractivity contribution < 1.29 is 0 Å². The van der Waals surface area contributed by atoms with Crippen molar-refractivity contribution in [3.8, 4) is 0 Å². The van der Waals surface area contributed by atoms with Crippen LogP contribution in [-0.2, 0) is 0 Å². The maximum atomic E-state index is 4.38. The van der Waals surface area contributed by atoms with Crippen LogP contribution >= 0.6 is 0 Å². The number of allylic oxidation sites excluding steroid dienone is 1. The second kappa shape index (κ2) is 4.80. The first-order valence-electron chi connectivity index (χ1n) is 5.07. The van der Waals surface area contributed by atoms with Gasteiger partial charge in [0.25, 0.3) is 0 Å². The molecule has 0 saturated carbocycles. The molecule has 0 unspecified atom stereocenters. The van der Waals surface area contributed by atoms with Crippen LogP contribution in [-0.4, -0.2) is 11.5 Å². The highest BCUT2D eigenvalue weighted by atomic mass is 15.2. The lowest BCUT2D eigenvalue weighted by Crippen LogP contribution is -2.22. The molecular weight excluding hydrogens is 172 g/mol. The first-order valence-corrected chi connectivity index (χ1v) is 5.07. The van der Waals surface area contributed by atoms with E-state index in [-0.39, 0.29) is 0 Å². The maximum Gasteiger partial charge on any atom is 0.135 e. The summed E-state index contributed by atoms with van der Waals surface area (Å²) in [5, 5.41) is 0. The van der Waals surface area contributed by atoms with E-state index in [0.717, 1.165) is 24.5 Å². The van der Waals surface area contributed by atoms with Gasteiger partial charge in [0.15, 0.2) is 0 Å². The lowest BCUT2D eigenvalue weighted by atomic mass is 10.2. The Morgan fingerprint density at radius 1 is 1.50 bits per heavy atom. The SMILES string of the molecule is C=C(CC)N(CC)c1ncccc1C. The molecule has 0 aromatic carbocycles. The van der Waals surface area contributed by atoms with Crippen LogP contribution in [0.3, 0.4) is 0 Å². The molecule has 14 heavy (non-hydrogen) atoms. The van der Waals surface area contributed by atoms with E-state index >= 15 is 0 Å². The average molecular weight is 190 g/mol. The molecule has 2 nitrogen and oxygen atoms in total. The van der Waals surface area contributed by atoms with Gasteiger partial charge in [0, 0.05) is 18.4 Å². The van der Waals surface area contributed by atoms with Gasteiger partial charge in [-0.25, -0.2) is 4.98 Å². The minimum absolute atomic E-state index is 0.921. The quantitative estimate of drug-likeness (QED) is 0.725. The Morgan fingerprint density at radius 2 is 2.21 bits per heavy atom. The molecule has 0 N–H and O–H groups in total. The van der Waals surface area contributed by atoms with Crippen molar-refractivity contribution >= 4 is 5.82 Å². The Bertz CT molecular complexity index is 318. The number of anilines is 1. The molecule has 1 aromatic heterocycles. The molecule has 0 atom stereocenters. The van der Waals surface area contributed by atoms with E-state index in [4.69, 9.17) is 0 Å². The van der Waals surface area contributed by atoms with Gasteiger partial charge in [-0.05, 0) is 31.9 Å². The summed E-state index contributed by atoms with van der Waals surface area (Å²) in [7, 11) is 0. The number of aryl methyl sites for hydroxylation is 1. The molecule has 0 bridgehead atoms. The third-order valence-electron chi connectivity index (χ3n) is 2.34. The van der Waals surface area contributed by atoms with E-state index in [1.165, 1.54) is 5.56 Å². The number of nitrogens with zero attached hydrogens (tertiary/aromatic N) is 2. The molecule has 0 fully saturated rings. The summed E-state index contributed by atoms with van der Waals surface area (Å²) in [6.45, 7) is 11.3. The average Bonchev–Trinajstić information content (AvgIpc) is 2.21. The summed E-state index contributed by atoms with van der Waals surface area (Å²) in [5.41, 5.74) is 2.32. The first-order chi connectivity index (χ1) is 6.70. The van der Waals surface area contributed by atoms with Crippen LogP contribution in [0.5, 0.6) is 0 Å². The van der Waals surface area contributed by atoms with Gasteiger partial charge in [0.2, 0.25) is 0 Å². The highest BCUT2D eigenvalue weighted by Gasteiger charge is 2.09. The van der Waals surface area contributed by atoms with Gasteiger partial charge < -0.3 is 4.90 Å². The summed E-state index contributed by atoms with van der Waals surface area (Å²) in [6.07, 6.45) is 2.79. The van der Waals surface area contributed by atoms with Gasteiger partial charge in [-0.2, -0.15) is 0 Å². The second-order valence-corrected chi connectivity index (χ2v) is 3.31. The van der Waals surface area contributed by atoms with Crippen molar-refractivity contribution in [3.05, 3.63) is 36.2 Å². The van der Waals surface area contributed by atoms with E-state index in [9.17, 15) is 0 Å². The van der Waals surface area contributed by atoms with Crippen molar-refractivity contribution in [1.82, 2.24) is 4.98 Å². The van der Waals surface area contributed by atoms with Crippen LogP contribution < -0.4 is 4.90 Å². The van der Waals surface area contributed by atoms with Crippen LogP contribution in [0.1, 0.15) is 25.8 Å². The zero-order valence-corrected chi connectivity index (χ0v) is 9.25. The Morgan fingerprint density at radius 3 is 2.71 bits per heavy atom. The van der Waals surface area contributed by atoms with Gasteiger partial charge in [-0.1, -0.05) is 19.6 Å². The first kappa shape index (κ1) is 10.8. The van der Waals surface area contributed by atoms with E-state index in [0.29, 0.717) is 0 Å². The van der Waals surface area contributed by atoms with Gasteiger partial charge in [-0.15, -0.1) is 0 Å². The summed E-state index contributed by atoms with van der Waals surface area (Å²) in [5.74, 6) is 1.03. The predicted molar refractivity (Wildman–Crippen MR) is 61.4 cm³/mol. The van der Waals surface area contributed by atoms with Crippen LogP contribution in [0.4, 0.5) is 5.82 Å². The zero-order chi connectivity index (χ0) is 10.6. The van der Waals surface area contributed by atoms with Crippen LogP contribution in [0, 0.1) is 6.92 Å². The molecule has 0 aliphatic heterocycles. The van der Waals surface area contributed by atoms with Crippen LogP contribution in [0.2, 0.25) is 0 Å². The fourth-order valence-electron chi connectivity index (χ4n) is 1.47. The van der Waals surface area contributed by atoms with Crippen molar-refractivity contribution in [1.29, 1.82) is 0 Å². The Kier molecular flexibility index (Phi) is 3.69. The van der Waals surface area contributed by atoms with E-state index in [1.807, 2.05) is 12.3 Å². The fraction of sp³-hybridized carbons (Fsp3) is 0.417. The summed E-state index contributed by atoms with van der Waals surface area (Å²) >= 11 is 0. The van der Waals surface area contributed by atoms with Crippen molar-refractivity contribution in [2.75, 3.05) is 11.4 Å². The lowest BCUT2D eigenvalue weighted by Gasteiger charge is -2.24. The fourth-order valence-corrected chi connectivity index (χ4v) is 1.47. The largest absolute Gasteiger partial charge is 0.331 e.